The van der Waals surface area contributed by atoms with E-state index in [-0.39, 0.29) is 11.5 Å². The summed E-state index contributed by atoms with van der Waals surface area (Å²) in [6.45, 7) is 4.51. The first-order chi connectivity index (χ1) is 11.5. The topological polar surface area (TPSA) is 118 Å². The number of furan rings is 1. The number of rotatable bonds is 2. The number of hydrogen-bond donors (Lipinski definition) is 3. The average Bonchev–Trinajstić information content (AvgIpc) is 2.91. The molecule has 3 heterocycles. The maximum Gasteiger partial charge on any atom is 0.335 e. The summed E-state index contributed by atoms with van der Waals surface area (Å²) in [7, 11) is 0. The summed E-state index contributed by atoms with van der Waals surface area (Å²) in [5.41, 5.74) is 7.72. The summed E-state index contributed by atoms with van der Waals surface area (Å²) >= 11 is 0. The van der Waals surface area contributed by atoms with Crippen LogP contribution in [0, 0.1) is 0 Å². The Kier molecular flexibility index (Phi) is 3.27. The highest BCUT2D eigenvalue weighted by molar-refractivity contribution is 6.08. The van der Waals surface area contributed by atoms with Crippen LogP contribution in [0.2, 0.25) is 0 Å². The average molecular weight is 327 g/mol. The summed E-state index contributed by atoms with van der Waals surface area (Å²) in [5.74, 6) is -0.199. The fourth-order valence-corrected chi connectivity index (χ4v) is 3.12. The predicted molar refractivity (Wildman–Crippen MR) is 90.4 cm³/mol. The van der Waals surface area contributed by atoms with Gasteiger partial charge in [0.2, 0.25) is 5.95 Å². The van der Waals surface area contributed by atoms with E-state index >= 15 is 0 Å². The number of hydrogen-bond acceptors (Lipinski definition) is 7. The number of benzene rings is 1. The van der Waals surface area contributed by atoms with Crippen molar-refractivity contribution in [3.05, 3.63) is 23.8 Å². The normalized spacial score (nSPS) is 18.4. The third kappa shape index (κ3) is 2.31. The minimum absolute atomic E-state index is 0.145. The fourth-order valence-electron chi connectivity index (χ4n) is 3.12. The number of carboxylic acid groups (broad SMARTS) is 1. The summed E-state index contributed by atoms with van der Waals surface area (Å²) in [6, 6.07) is 5.03. The lowest BCUT2D eigenvalue weighted by Gasteiger charge is -2.32. The van der Waals surface area contributed by atoms with Crippen LogP contribution in [0.1, 0.15) is 17.3 Å². The molecule has 1 atom stereocenters. The SMILES string of the molecule is C[C@H]1CN(c2nc(N)nc3c2oc2ccc(C(=O)O)cc23)CCN1. The first-order valence-corrected chi connectivity index (χ1v) is 7.74. The van der Waals surface area contributed by atoms with Crippen LogP contribution in [0.5, 0.6) is 0 Å². The molecule has 0 amide bonds. The number of nitrogen functional groups attached to an aromatic ring is 1. The van der Waals surface area contributed by atoms with Crippen LogP contribution in [0.4, 0.5) is 11.8 Å². The molecule has 0 bridgehead atoms. The predicted octanol–water partition coefficient (Wildman–Crippen LogP) is 1.45. The van der Waals surface area contributed by atoms with Crippen LogP contribution < -0.4 is 16.0 Å². The van der Waals surface area contributed by atoms with Crippen LogP contribution in [0.3, 0.4) is 0 Å². The van der Waals surface area contributed by atoms with Crippen molar-refractivity contribution in [2.75, 3.05) is 30.3 Å². The molecule has 1 aromatic carbocycles. The van der Waals surface area contributed by atoms with Crippen LogP contribution in [0.15, 0.2) is 22.6 Å². The van der Waals surface area contributed by atoms with Gasteiger partial charge in [0.1, 0.15) is 11.1 Å². The molecule has 4 N–H and O–H groups in total. The zero-order valence-electron chi connectivity index (χ0n) is 13.1. The van der Waals surface area contributed by atoms with E-state index in [1.165, 1.54) is 6.07 Å². The van der Waals surface area contributed by atoms with E-state index in [9.17, 15) is 9.90 Å². The summed E-state index contributed by atoms with van der Waals surface area (Å²) in [5, 5.41) is 13.2. The lowest BCUT2D eigenvalue weighted by Crippen LogP contribution is -2.49. The van der Waals surface area contributed by atoms with E-state index < -0.39 is 5.97 Å². The molecule has 8 nitrogen and oxygen atoms in total. The molecule has 0 unspecified atom stereocenters. The summed E-state index contributed by atoms with van der Waals surface area (Å²) in [6.07, 6.45) is 0. The van der Waals surface area contributed by atoms with Crippen LogP contribution in [0.25, 0.3) is 22.1 Å². The largest absolute Gasteiger partial charge is 0.478 e. The first kappa shape index (κ1) is 14.7. The monoisotopic (exact) mass is 327 g/mol. The van der Waals surface area contributed by atoms with Crippen molar-refractivity contribution in [1.82, 2.24) is 15.3 Å². The van der Waals surface area contributed by atoms with Crippen molar-refractivity contribution in [3.63, 3.8) is 0 Å². The molecule has 0 saturated carbocycles. The molecule has 2 aromatic heterocycles. The lowest BCUT2D eigenvalue weighted by molar-refractivity contribution is 0.0697. The number of nitrogens with one attached hydrogen (secondary N) is 1. The minimum Gasteiger partial charge on any atom is -0.478 e. The zero-order valence-corrected chi connectivity index (χ0v) is 13.1. The van der Waals surface area contributed by atoms with Gasteiger partial charge in [-0.3, -0.25) is 0 Å². The Morgan fingerprint density at radius 1 is 1.46 bits per heavy atom. The van der Waals surface area contributed by atoms with Gasteiger partial charge in [-0.15, -0.1) is 0 Å². The maximum atomic E-state index is 11.2. The second kappa shape index (κ2) is 5.34. The number of aromatic nitrogens is 2. The van der Waals surface area contributed by atoms with E-state index in [1.807, 2.05) is 0 Å². The molecular weight excluding hydrogens is 310 g/mol. The van der Waals surface area contributed by atoms with Gasteiger partial charge in [-0.1, -0.05) is 0 Å². The van der Waals surface area contributed by atoms with Gasteiger partial charge >= 0.3 is 5.97 Å². The smallest absolute Gasteiger partial charge is 0.335 e. The molecule has 0 radical (unpaired) electrons. The summed E-state index contributed by atoms with van der Waals surface area (Å²) < 4.78 is 5.93. The van der Waals surface area contributed by atoms with E-state index in [2.05, 4.69) is 27.1 Å². The minimum atomic E-state index is -0.996. The van der Waals surface area contributed by atoms with Gasteiger partial charge in [-0.25, -0.2) is 9.78 Å². The number of piperazine rings is 1. The number of nitrogens with two attached hydrogens (primary N) is 1. The molecule has 24 heavy (non-hydrogen) atoms. The molecule has 8 heteroatoms. The molecule has 4 rings (SSSR count). The molecule has 1 aliphatic heterocycles. The second-order valence-corrected chi connectivity index (χ2v) is 6.00. The maximum absolute atomic E-state index is 11.2. The van der Waals surface area contributed by atoms with Crippen molar-refractivity contribution in [3.8, 4) is 0 Å². The quantitative estimate of drug-likeness (QED) is 0.647. The van der Waals surface area contributed by atoms with Gasteiger partial charge in [0, 0.05) is 31.1 Å². The lowest BCUT2D eigenvalue weighted by atomic mass is 10.1. The van der Waals surface area contributed by atoms with Crippen molar-refractivity contribution >= 4 is 39.8 Å². The van der Waals surface area contributed by atoms with Crippen LogP contribution >= 0.6 is 0 Å². The number of nitrogens with zero attached hydrogens (tertiary/aromatic N) is 3. The molecule has 124 valence electrons. The Morgan fingerprint density at radius 2 is 2.29 bits per heavy atom. The number of fused-ring (bicyclic) bond motifs is 3. The standard InChI is InChI=1S/C16H17N5O3/c1-8-7-21(5-4-18-8)14-13-12(19-16(17)20-14)10-6-9(15(22)23)2-3-11(10)24-13/h2-3,6,8,18H,4-5,7H2,1H3,(H,22,23)(H2,17,19,20)/t8-/m0/s1. The third-order valence-corrected chi connectivity index (χ3v) is 4.23. The Morgan fingerprint density at radius 3 is 3.04 bits per heavy atom. The van der Waals surface area contributed by atoms with Crippen molar-refractivity contribution in [2.24, 2.45) is 0 Å². The third-order valence-electron chi connectivity index (χ3n) is 4.23. The highest BCUT2D eigenvalue weighted by Crippen LogP contribution is 2.34. The van der Waals surface area contributed by atoms with Gasteiger partial charge in [-0.05, 0) is 25.1 Å². The van der Waals surface area contributed by atoms with Gasteiger partial charge in [0.05, 0.1) is 5.56 Å². The molecule has 1 aliphatic rings. The molecule has 1 saturated heterocycles. The Balaban J connectivity index is 1.94. The zero-order chi connectivity index (χ0) is 16.8. The number of carboxylic acids is 1. The van der Waals surface area contributed by atoms with Crippen LogP contribution in [-0.4, -0.2) is 46.7 Å². The molecule has 0 aliphatic carbocycles. The first-order valence-electron chi connectivity index (χ1n) is 7.74. The molecule has 0 spiro atoms. The Hall–Kier alpha value is -2.87. The second-order valence-electron chi connectivity index (χ2n) is 6.00. The van der Waals surface area contributed by atoms with Gasteiger partial charge in [0.25, 0.3) is 0 Å². The number of anilines is 2. The van der Waals surface area contributed by atoms with Crippen LogP contribution in [-0.2, 0) is 0 Å². The van der Waals surface area contributed by atoms with Gasteiger partial charge in [-0.2, -0.15) is 4.98 Å². The van der Waals surface area contributed by atoms with Crippen molar-refractivity contribution in [2.45, 2.75) is 13.0 Å². The highest BCUT2D eigenvalue weighted by Gasteiger charge is 2.23. The molecule has 3 aromatic rings. The number of carbonyl (C=O) groups is 1. The van der Waals surface area contributed by atoms with Gasteiger partial charge in [0.15, 0.2) is 11.4 Å². The number of aromatic carboxylic acids is 1. The van der Waals surface area contributed by atoms with Crippen molar-refractivity contribution in [1.29, 1.82) is 0 Å². The fraction of sp³-hybridized carbons (Fsp3) is 0.312. The molecular formula is C16H17N5O3. The Bertz CT molecular complexity index is 952. The summed E-state index contributed by atoms with van der Waals surface area (Å²) in [4.78, 5) is 22.0. The van der Waals surface area contributed by atoms with E-state index in [1.54, 1.807) is 12.1 Å². The molecule has 1 fully saturated rings. The van der Waals surface area contributed by atoms with E-state index in [4.69, 9.17) is 10.2 Å². The van der Waals surface area contributed by atoms with E-state index in [0.29, 0.717) is 33.9 Å². The van der Waals surface area contributed by atoms with Crippen molar-refractivity contribution < 1.29 is 14.3 Å². The van der Waals surface area contributed by atoms with Gasteiger partial charge < -0.3 is 25.5 Å². The highest BCUT2D eigenvalue weighted by atomic mass is 16.4. The van der Waals surface area contributed by atoms with E-state index in [0.717, 1.165) is 19.6 Å². The Labute approximate surface area is 137 Å².